The molecular weight excluding hydrogens is 252 g/mol. The van der Waals surface area contributed by atoms with Gasteiger partial charge < -0.3 is 5.32 Å². The number of fused-ring (bicyclic) bond motifs is 1. The zero-order valence-corrected chi connectivity index (χ0v) is 12.1. The molecule has 1 aromatic heterocycles. The minimum Gasteiger partial charge on any atom is -0.381 e. The van der Waals surface area contributed by atoms with E-state index < -0.39 is 0 Å². The first-order valence-electron chi connectivity index (χ1n) is 7.10. The van der Waals surface area contributed by atoms with E-state index in [4.69, 9.17) is 0 Å². The lowest BCUT2D eigenvalue weighted by molar-refractivity contribution is 0.769. The Labute approximate surface area is 119 Å². The summed E-state index contributed by atoms with van der Waals surface area (Å²) in [4.78, 5) is 4.43. The lowest BCUT2D eigenvalue weighted by atomic mass is 10.1. The van der Waals surface area contributed by atoms with Crippen LogP contribution < -0.4 is 5.32 Å². The molecule has 0 radical (unpaired) electrons. The molecule has 1 aliphatic carbocycles. The Hall–Kier alpha value is -1.22. The smallest absolute Gasteiger partial charge is 0.0722 e. The van der Waals surface area contributed by atoms with E-state index in [-0.39, 0.29) is 0 Å². The van der Waals surface area contributed by atoms with Crippen molar-refractivity contribution in [1.29, 1.82) is 0 Å². The van der Waals surface area contributed by atoms with Crippen LogP contribution in [0.3, 0.4) is 0 Å². The van der Waals surface area contributed by atoms with Crippen molar-refractivity contribution in [2.24, 2.45) is 0 Å². The first-order valence-corrected chi connectivity index (χ1v) is 8.15. The Morgan fingerprint density at radius 1 is 1.26 bits per heavy atom. The average Bonchev–Trinajstić information content (AvgIpc) is 2.87. The highest BCUT2D eigenvalue weighted by molar-refractivity contribution is 7.99. The monoisotopic (exact) mass is 272 g/mol. The molecule has 1 heterocycles. The van der Waals surface area contributed by atoms with Crippen LogP contribution in [0.5, 0.6) is 0 Å². The van der Waals surface area contributed by atoms with E-state index in [0.29, 0.717) is 6.04 Å². The summed E-state index contributed by atoms with van der Waals surface area (Å²) < 4.78 is 0. The van der Waals surface area contributed by atoms with E-state index in [1.54, 1.807) is 0 Å². The molecule has 1 aliphatic rings. The number of hydrogen-bond acceptors (Lipinski definition) is 3. The summed E-state index contributed by atoms with van der Waals surface area (Å²) in [7, 11) is 0. The van der Waals surface area contributed by atoms with Gasteiger partial charge in [0.2, 0.25) is 0 Å². The molecule has 19 heavy (non-hydrogen) atoms. The van der Waals surface area contributed by atoms with E-state index in [1.807, 2.05) is 12.3 Å². The SMILES string of the molecule is CCSC1CCCC1Nc1ccnc2ccccc12. The Morgan fingerprint density at radius 3 is 3.05 bits per heavy atom. The summed E-state index contributed by atoms with van der Waals surface area (Å²) in [5, 5.41) is 5.75. The van der Waals surface area contributed by atoms with Crippen molar-refractivity contribution in [3.05, 3.63) is 36.5 Å². The maximum absolute atomic E-state index is 4.43. The van der Waals surface area contributed by atoms with E-state index in [2.05, 4.69) is 53.3 Å². The van der Waals surface area contributed by atoms with Gasteiger partial charge in [-0.2, -0.15) is 11.8 Å². The second-order valence-corrected chi connectivity index (χ2v) is 6.57. The molecule has 0 aliphatic heterocycles. The van der Waals surface area contributed by atoms with Gasteiger partial charge in [-0.25, -0.2) is 0 Å². The maximum atomic E-state index is 4.43. The summed E-state index contributed by atoms with van der Waals surface area (Å²) in [6.45, 7) is 2.25. The molecule has 2 nitrogen and oxygen atoms in total. The Bertz CT molecular complexity index is 550. The van der Waals surface area contributed by atoms with Gasteiger partial charge in [0, 0.05) is 28.6 Å². The molecule has 1 saturated carbocycles. The zero-order chi connectivity index (χ0) is 13.1. The highest BCUT2D eigenvalue weighted by Gasteiger charge is 2.27. The van der Waals surface area contributed by atoms with Crippen LogP contribution in [0.2, 0.25) is 0 Å². The molecule has 1 fully saturated rings. The van der Waals surface area contributed by atoms with Crippen LogP contribution in [-0.2, 0) is 0 Å². The molecular formula is C16H20N2S. The van der Waals surface area contributed by atoms with Gasteiger partial charge in [0.25, 0.3) is 0 Å². The second kappa shape index (κ2) is 5.83. The molecule has 1 N–H and O–H groups in total. The lowest BCUT2D eigenvalue weighted by Gasteiger charge is -2.22. The first-order chi connectivity index (χ1) is 9.38. The van der Waals surface area contributed by atoms with Crippen molar-refractivity contribution in [1.82, 2.24) is 4.98 Å². The van der Waals surface area contributed by atoms with Crippen molar-refractivity contribution < 1.29 is 0 Å². The van der Waals surface area contributed by atoms with Gasteiger partial charge in [0.05, 0.1) is 5.52 Å². The summed E-state index contributed by atoms with van der Waals surface area (Å²) in [5.74, 6) is 1.21. The summed E-state index contributed by atoms with van der Waals surface area (Å²) in [5.41, 5.74) is 2.31. The van der Waals surface area contributed by atoms with Crippen LogP contribution >= 0.6 is 11.8 Å². The van der Waals surface area contributed by atoms with Crippen molar-refractivity contribution in [3.63, 3.8) is 0 Å². The van der Waals surface area contributed by atoms with Crippen molar-refractivity contribution in [2.45, 2.75) is 37.5 Å². The minimum atomic E-state index is 0.607. The van der Waals surface area contributed by atoms with Crippen molar-refractivity contribution in [3.8, 4) is 0 Å². The molecule has 1 aromatic carbocycles. The summed E-state index contributed by atoms with van der Waals surface area (Å²) in [6, 6.07) is 11.1. The van der Waals surface area contributed by atoms with Gasteiger partial charge in [0.15, 0.2) is 0 Å². The maximum Gasteiger partial charge on any atom is 0.0722 e. The molecule has 100 valence electrons. The Morgan fingerprint density at radius 2 is 2.16 bits per heavy atom. The standard InChI is InChI=1S/C16H20N2S/c1-2-19-16-9-5-8-15(16)18-14-10-11-17-13-7-4-3-6-12(13)14/h3-4,6-7,10-11,15-16H,2,5,8-9H2,1H3,(H,17,18). The van der Waals surface area contributed by atoms with Crippen LogP contribution in [-0.4, -0.2) is 22.0 Å². The third kappa shape index (κ3) is 2.71. The predicted molar refractivity (Wildman–Crippen MR) is 84.9 cm³/mol. The molecule has 3 rings (SSSR count). The van der Waals surface area contributed by atoms with E-state index in [0.717, 1.165) is 10.8 Å². The third-order valence-electron chi connectivity index (χ3n) is 3.82. The van der Waals surface area contributed by atoms with Crippen LogP contribution in [0, 0.1) is 0 Å². The number of hydrogen-bond donors (Lipinski definition) is 1. The van der Waals surface area contributed by atoms with E-state index in [9.17, 15) is 0 Å². The largest absolute Gasteiger partial charge is 0.381 e. The predicted octanol–water partition coefficient (Wildman–Crippen LogP) is 4.32. The molecule has 3 heteroatoms. The van der Waals surface area contributed by atoms with Crippen molar-refractivity contribution in [2.75, 3.05) is 11.1 Å². The molecule has 0 spiro atoms. The second-order valence-electron chi connectivity index (χ2n) is 5.05. The Kier molecular flexibility index (Phi) is 3.92. The van der Waals surface area contributed by atoms with Gasteiger partial charge in [-0.15, -0.1) is 0 Å². The van der Waals surface area contributed by atoms with E-state index >= 15 is 0 Å². The minimum absolute atomic E-state index is 0.607. The zero-order valence-electron chi connectivity index (χ0n) is 11.3. The number of pyridine rings is 1. The molecule has 0 bridgehead atoms. The van der Waals surface area contributed by atoms with Crippen LogP contribution in [0.25, 0.3) is 10.9 Å². The van der Waals surface area contributed by atoms with Gasteiger partial charge in [0.1, 0.15) is 0 Å². The number of aromatic nitrogens is 1. The number of anilines is 1. The fraction of sp³-hybridized carbons (Fsp3) is 0.438. The molecule has 0 saturated heterocycles. The topological polar surface area (TPSA) is 24.9 Å². The average molecular weight is 272 g/mol. The third-order valence-corrected chi connectivity index (χ3v) is 5.15. The number of thioether (sulfide) groups is 1. The van der Waals surface area contributed by atoms with Crippen LogP contribution in [0.1, 0.15) is 26.2 Å². The summed E-state index contributed by atoms with van der Waals surface area (Å²) >= 11 is 2.09. The van der Waals surface area contributed by atoms with E-state index in [1.165, 1.54) is 36.1 Å². The highest BCUT2D eigenvalue weighted by Crippen LogP contribution is 2.33. The van der Waals surface area contributed by atoms with Crippen LogP contribution in [0.15, 0.2) is 36.5 Å². The molecule has 2 aromatic rings. The number of nitrogens with zero attached hydrogens (tertiary/aromatic N) is 1. The fourth-order valence-corrected chi connectivity index (χ4v) is 4.12. The summed E-state index contributed by atoms with van der Waals surface area (Å²) in [6.07, 6.45) is 5.88. The first kappa shape index (κ1) is 12.8. The van der Waals surface area contributed by atoms with Crippen LogP contribution in [0.4, 0.5) is 5.69 Å². The lowest BCUT2D eigenvalue weighted by Crippen LogP contribution is -2.26. The number of para-hydroxylation sites is 1. The Balaban J connectivity index is 1.85. The van der Waals surface area contributed by atoms with Crippen molar-refractivity contribution >= 4 is 28.4 Å². The number of nitrogens with one attached hydrogen (secondary N) is 1. The fourth-order valence-electron chi connectivity index (χ4n) is 2.93. The van der Waals surface area contributed by atoms with Gasteiger partial charge >= 0.3 is 0 Å². The highest BCUT2D eigenvalue weighted by atomic mass is 32.2. The molecule has 2 unspecified atom stereocenters. The molecule has 0 amide bonds. The number of benzene rings is 1. The number of rotatable bonds is 4. The quantitative estimate of drug-likeness (QED) is 0.897. The normalized spacial score (nSPS) is 22.8. The van der Waals surface area contributed by atoms with Gasteiger partial charge in [-0.3, -0.25) is 4.98 Å². The molecule has 2 atom stereocenters. The van der Waals surface area contributed by atoms with Gasteiger partial charge in [-0.1, -0.05) is 31.5 Å². The van der Waals surface area contributed by atoms with Gasteiger partial charge in [-0.05, 0) is 30.7 Å².